The number of amides is 1. The van der Waals surface area contributed by atoms with Gasteiger partial charge in [-0.25, -0.2) is 9.07 Å². The summed E-state index contributed by atoms with van der Waals surface area (Å²) in [5, 5.41) is 8.60. The maximum atomic E-state index is 13.2. The molecule has 140 valence electrons. The molecule has 0 bridgehead atoms. The first-order valence-corrected chi connectivity index (χ1v) is 9.20. The Hall–Kier alpha value is -2.51. The summed E-state index contributed by atoms with van der Waals surface area (Å²) in [6.45, 7) is 3.61. The summed E-state index contributed by atoms with van der Waals surface area (Å²) in [6, 6.07) is 12.1. The molecule has 2 heterocycles. The van der Waals surface area contributed by atoms with Crippen molar-refractivity contribution in [2.45, 2.75) is 13.1 Å². The lowest BCUT2D eigenvalue weighted by atomic mass is 10.2. The second-order valence-electron chi connectivity index (χ2n) is 6.63. The number of piperazine rings is 1. The Bertz CT molecular complexity index is 968. The molecule has 0 radical (unpaired) electrons. The number of para-hydroxylation sites is 1. The highest BCUT2D eigenvalue weighted by Gasteiger charge is 2.22. The number of halogens is 2. The van der Waals surface area contributed by atoms with E-state index in [-0.39, 0.29) is 18.3 Å². The van der Waals surface area contributed by atoms with Gasteiger partial charge in [0.05, 0.1) is 5.52 Å². The molecule has 0 saturated carbocycles. The molecule has 0 unspecified atom stereocenters. The van der Waals surface area contributed by atoms with Crippen molar-refractivity contribution in [3.05, 3.63) is 58.9 Å². The molecule has 8 heteroatoms. The van der Waals surface area contributed by atoms with Gasteiger partial charge in [-0.1, -0.05) is 35.0 Å². The first kappa shape index (κ1) is 17.9. The zero-order valence-corrected chi connectivity index (χ0v) is 15.4. The van der Waals surface area contributed by atoms with E-state index < -0.39 is 0 Å². The van der Waals surface area contributed by atoms with Crippen molar-refractivity contribution >= 4 is 28.5 Å². The van der Waals surface area contributed by atoms with E-state index in [1.807, 2.05) is 29.2 Å². The van der Waals surface area contributed by atoms with E-state index in [2.05, 4.69) is 15.2 Å². The highest BCUT2D eigenvalue weighted by molar-refractivity contribution is 6.31. The van der Waals surface area contributed by atoms with Gasteiger partial charge in [0.2, 0.25) is 5.91 Å². The van der Waals surface area contributed by atoms with Crippen molar-refractivity contribution in [3.63, 3.8) is 0 Å². The number of carbonyl (C=O) groups excluding carboxylic acids is 1. The van der Waals surface area contributed by atoms with Crippen molar-refractivity contribution in [3.8, 4) is 0 Å². The Balaban J connectivity index is 1.34. The van der Waals surface area contributed by atoms with Gasteiger partial charge in [0.15, 0.2) is 0 Å². The largest absolute Gasteiger partial charge is 0.339 e. The summed E-state index contributed by atoms with van der Waals surface area (Å²) in [5.74, 6) is -0.301. The van der Waals surface area contributed by atoms with E-state index in [9.17, 15) is 9.18 Å². The van der Waals surface area contributed by atoms with Gasteiger partial charge in [-0.2, -0.15) is 0 Å². The molecule has 0 spiro atoms. The van der Waals surface area contributed by atoms with Crippen molar-refractivity contribution in [1.29, 1.82) is 0 Å². The maximum absolute atomic E-state index is 13.2. The zero-order chi connectivity index (χ0) is 18.8. The van der Waals surface area contributed by atoms with Crippen LogP contribution >= 0.6 is 11.6 Å². The van der Waals surface area contributed by atoms with Crippen LogP contribution < -0.4 is 0 Å². The molecule has 6 nitrogen and oxygen atoms in total. The van der Waals surface area contributed by atoms with Crippen LogP contribution in [0, 0.1) is 5.82 Å². The summed E-state index contributed by atoms with van der Waals surface area (Å²) in [6.07, 6.45) is 0. The number of hydrogen-bond donors (Lipinski definition) is 0. The van der Waals surface area contributed by atoms with Crippen molar-refractivity contribution in [2.75, 3.05) is 26.2 Å². The predicted molar refractivity (Wildman–Crippen MR) is 101 cm³/mol. The fourth-order valence-electron chi connectivity index (χ4n) is 3.31. The third-order valence-electron chi connectivity index (χ3n) is 4.84. The van der Waals surface area contributed by atoms with E-state index in [1.54, 1.807) is 10.7 Å². The minimum atomic E-state index is -0.334. The SMILES string of the molecule is O=C(Cn1nnc2ccccc21)N1CCN(Cc2ccc(F)cc2Cl)CC1. The number of rotatable bonds is 4. The number of nitrogens with zero attached hydrogens (tertiary/aromatic N) is 5. The number of hydrogen-bond acceptors (Lipinski definition) is 4. The zero-order valence-electron chi connectivity index (χ0n) is 14.7. The van der Waals surface area contributed by atoms with E-state index in [0.29, 0.717) is 24.7 Å². The lowest BCUT2D eigenvalue weighted by molar-refractivity contribution is -0.133. The molecule has 1 aliphatic rings. The molecule has 1 saturated heterocycles. The summed E-state index contributed by atoms with van der Waals surface area (Å²) >= 11 is 6.11. The smallest absolute Gasteiger partial charge is 0.244 e. The van der Waals surface area contributed by atoms with Gasteiger partial charge >= 0.3 is 0 Å². The topological polar surface area (TPSA) is 54.3 Å². The maximum Gasteiger partial charge on any atom is 0.244 e. The monoisotopic (exact) mass is 387 g/mol. The van der Waals surface area contributed by atoms with Crippen LogP contribution in [0.4, 0.5) is 4.39 Å². The molecule has 0 aliphatic carbocycles. The number of carbonyl (C=O) groups is 1. The second kappa shape index (κ2) is 7.62. The molecule has 1 aliphatic heterocycles. The van der Waals surface area contributed by atoms with Crippen molar-refractivity contribution < 1.29 is 9.18 Å². The van der Waals surface area contributed by atoms with Crippen LogP contribution in [0.3, 0.4) is 0 Å². The Kier molecular flexibility index (Phi) is 5.05. The lowest BCUT2D eigenvalue weighted by Gasteiger charge is -2.34. The van der Waals surface area contributed by atoms with Crippen LogP contribution in [0.1, 0.15) is 5.56 Å². The van der Waals surface area contributed by atoms with Gasteiger partial charge in [-0.05, 0) is 29.8 Å². The molecule has 0 atom stereocenters. The van der Waals surface area contributed by atoms with Crippen molar-refractivity contribution in [2.24, 2.45) is 0 Å². The Morgan fingerprint density at radius 2 is 1.89 bits per heavy atom. The van der Waals surface area contributed by atoms with Gasteiger partial charge in [0.25, 0.3) is 0 Å². The Morgan fingerprint density at radius 1 is 1.11 bits per heavy atom. The second-order valence-corrected chi connectivity index (χ2v) is 7.04. The summed E-state index contributed by atoms with van der Waals surface area (Å²) in [7, 11) is 0. The fourth-order valence-corrected chi connectivity index (χ4v) is 3.54. The van der Waals surface area contributed by atoms with Crippen LogP contribution in [-0.2, 0) is 17.9 Å². The minimum Gasteiger partial charge on any atom is -0.339 e. The molecule has 1 aromatic heterocycles. The van der Waals surface area contributed by atoms with E-state index in [1.165, 1.54) is 12.1 Å². The highest BCUT2D eigenvalue weighted by atomic mass is 35.5. The quantitative estimate of drug-likeness (QED) is 0.690. The fraction of sp³-hybridized carbons (Fsp3) is 0.316. The summed E-state index contributed by atoms with van der Waals surface area (Å²) in [5.41, 5.74) is 2.54. The third kappa shape index (κ3) is 3.94. The van der Waals surface area contributed by atoms with Crippen LogP contribution in [0.25, 0.3) is 11.0 Å². The molecule has 1 amide bonds. The predicted octanol–water partition coefficient (Wildman–Crippen LogP) is 2.57. The third-order valence-corrected chi connectivity index (χ3v) is 5.19. The molecule has 3 aromatic rings. The number of fused-ring (bicyclic) bond motifs is 1. The molecule has 1 fully saturated rings. The first-order valence-electron chi connectivity index (χ1n) is 8.82. The van der Waals surface area contributed by atoms with Gasteiger partial charge in [0.1, 0.15) is 17.9 Å². The molecular weight excluding hydrogens is 369 g/mol. The van der Waals surface area contributed by atoms with Crippen LogP contribution in [-0.4, -0.2) is 56.9 Å². The van der Waals surface area contributed by atoms with Gasteiger partial charge < -0.3 is 4.90 Å². The summed E-state index contributed by atoms with van der Waals surface area (Å²) in [4.78, 5) is 16.7. The molecule has 2 aromatic carbocycles. The van der Waals surface area contributed by atoms with E-state index in [0.717, 1.165) is 29.7 Å². The summed E-state index contributed by atoms with van der Waals surface area (Å²) < 4.78 is 14.8. The Labute approximate surface area is 161 Å². The molecule has 0 N–H and O–H groups in total. The van der Waals surface area contributed by atoms with Crippen molar-refractivity contribution in [1.82, 2.24) is 24.8 Å². The van der Waals surface area contributed by atoms with Crippen LogP contribution in [0.5, 0.6) is 0 Å². The molecule has 4 rings (SSSR count). The highest BCUT2D eigenvalue weighted by Crippen LogP contribution is 2.20. The van der Waals surface area contributed by atoms with Crippen LogP contribution in [0.2, 0.25) is 5.02 Å². The average Bonchev–Trinajstić information content (AvgIpc) is 3.08. The minimum absolute atomic E-state index is 0.0325. The average molecular weight is 388 g/mol. The van der Waals surface area contributed by atoms with Gasteiger partial charge in [0, 0.05) is 37.7 Å². The Morgan fingerprint density at radius 3 is 2.67 bits per heavy atom. The molecule has 27 heavy (non-hydrogen) atoms. The van der Waals surface area contributed by atoms with Gasteiger partial charge in [-0.3, -0.25) is 9.69 Å². The number of aromatic nitrogens is 3. The van der Waals surface area contributed by atoms with E-state index in [4.69, 9.17) is 11.6 Å². The van der Waals surface area contributed by atoms with Crippen LogP contribution in [0.15, 0.2) is 42.5 Å². The number of benzene rings is 2. The van der Waals surface area contributed by atoms with Gasteiger partial charge in [-0.15, -0.1) is 5.10 Å². The van der Waals surface area contributed by atoms with E-state index >= 15 is 0 Å². The first-order chi connectivity index (χ1) is 13.1. The normalized spacial score (nSPS) is 15.4. The lowest BCUT2D eigenvalue weighted by Crippen LogP contribution is -2.49. The molecular formula is C19H19ClFN5O. The standard InChI is InChI=1S/C19H19ClFN5O/c20-16-11-15(21)6-5-14(16)12-24-7-9-25(10-8-24)19(27)13-26-18-4-2-1-3-17(18)22-23-26/h1-6,11H,7-10,12-13H2.